The van der Waals surface area contributed by atoms with Gasteiger partial charge in [0, 0.05) is 30.3 Å². The van der Waals surface area contributed by atoms with Crippen LogP contribution in [-0.2, 0) is 4.79 Å². The Bertz CT molecular complexity index is 625. The summed E-state index contributed by atoms with van der Waals surface area (Å²) in [7, 11) is 3.11. The second kappa shape index (κ2) is 6.98. The summed E-state index contributed by atoms with van der Waals surface area (Å²) in [6.07, 6.45) is 0.270. The van der Waals surface area contributed by atoms with Gasteiger partial charge in [0.1, 0.15) is 0 Å². The van der Waals surface area contributed by atoms with Crippen LogP contribution in [-0.4, -0.2) is 44.3 Å². The molecule has 3 amide bonds. The number of hydrogen-bond acceptors (Lipinski definition) is 4. The van der Waals surface area contributed by atoms with Crippen LogP contribution < -0.4 is 25.0 Å². The molecule has 1 fully saturated rings. The molecule has 132 valence electrons. The number of benzene rings is 1. The number of nitrogens with zero attached hydrogens (tertiary/aromatic N) is 1. The number of urea groups is 1. The summed E-state index contributed by atoms with van der Waals surface area (Å²) >= 11 is 0. The minimum atomic E-state index is -0.324. The third-order valence-corrected chi connectivity index (χ3v) is 3.63. The lowest BCUT2D eigenvalue weighted by atomic mass is 10.1. The van der Waals surface area contributed by atoms with Gasteiger partial charge in [-0.15, -0.1) is 0 Å². The maximum Gasteiger partial charge on any atom is 0.315 e. The molecule has 1 heterocycles. The van der Waals surface area contributed by atoms with Crippen molar-refractivity contribution in [2.45, 2.75) is 38.8 Å². The molecule has 0 bridgehead atoms. The number of anilines is 1. The molecule has 1 saturated heterocycles. The van der Waals surface area contributed by atoms with Crippen LogP contribution in [0.1, 0.15) is 27.2 Å². The van der Waals surface area contributed by atoms with Crippen molar-refractivity contribution in [1.29, 1.82) is 0 Å². The molecule has 1 aliphatic rings. The first-order chi connectivity index (χ1) is 11.2. The average Bonchev–Trinajstić information content (AvgIpc) is 2.84. The normalized spacial score (nSPS) is 17.6. The van der Waals surface area contributed by atoms with Gasteiger partial charge in [-0.3, -0.25) is 4.79 Å². The molecule has 0 radical (unpaired) electrons. The summed E-state index contributed by atoms with van der Waals surface area (Å²) in [5.41, 5.74) is 0.397. The maximum atomic E-state index is 12.3. The zero-order chi connectivity index (χ0) is 17.9. The molecule has 2 rings (SSSR count). The van der Waals surface area contributed by atoms with E-state index in [1.165, 1.54) is 0 Å². The monoisotopic (exact) mass is 335 g/mol. The lowest BCUT2D eigenvalue weighted by Gasteiger charge is -2.23. The van der Waals surface area contributed by atoms with E-state index in [4.69, 9.17) is 9.47 Å². The van der Waals surface area contributed by atoms with E-state index in [2.05, 4.69) is 10.6 Å². The first kappa shape index (κ1) is 17.9. The van der Waals surface area contributed by atoms with Gasteiger partial charge in [-0.1, -0.05) is 0 Å². The highest BCUT2D eigenvalue weighted by Gasteiger charge is 2.32. The van der Waals surface area contributed by atoms with E-state index in [0.717, 1.165) is 5.69 Å². The number of ether oxygens (including phenoxy) is 2. The van der Waals surface area contributed by atoms with Crippen molar-refractivity contribution >= 4 is 17.6 Å². The largest absolute Gasteiger partial charge is 0.493 e. The zero-order valence-corrected chi connectivity index (χ0v) is 14.8. The van der Waals surface area contributed by atoms with E-state index < -0.39 is 0 Å². The number of carbonyl (C=O) groups excluding carboxylic acids is 2. The van der Waals surface area contributed by atoms with Crippen LogP contribution in [0.15, 0.2) is 18.2 Å². The summed E-state index contributed by atoms with van der Waals surface area (Å²) in [4.78, 5) is 25.9. The number of hydrogen-bond donors (Lipinski definition) is 2. The Morgan fingerprint density at radius 2 is 1.88 bits per heavy atom. The predicted molar refractivity (Wildman–Crippen MR) is 91.7 cm³/mol. The first-order valence-corrected chi connectivity index (χ1v) is 7.84. The van der Waals surface area contributed by atoms with Crippen LogP contribution in [0.5, 0.6) is 11.5 Å². The summed E-state index contributed by atoms with van der Waals surface area (Å²) in [6.45, 7) is 6.14. The van der Waals surface area contributed by atoms with Gasteiger partial charge in [-0.2, -0.15) is 0 Å². The van der Waals surface area contributed by atoms with E-state index >= 15 is 0 Å². The van der Waals surface area contributed by atoms with Gasteiger partial charge in [0.15, 0.2) is 11.5 Å². The standard InChI is InChI=1S/C17H25N3O4/c1-17(2,3)19-16(22)18-11-8-15(21)20(10-11)12-6-7-13(23-4)14(9-12)24-5/h6-7,9,11H,8,10H2,1-5H3,(H2,18,19,22)/t11-/m0/s1. The Morgan fingerprint density at radius 1 is 1.21 bits per heavy atom. The zero-order valence-electron chi connectivity index (χ0n) is 14.8. The molecule has 0 saturated carbocycles. The molecule has 1 aliphatic heterocycles. The van der Waals surface area contributed by atoms with Crippen molar-refractivity contribution < 1.29 is 19.1 Å². The third-order valence-electron chi connectivity index (χ3n) is 3.63. The van der Waals surface area contributed by atoms with Gasteiger partial charge in [0.2, 0.25) is 5.91 Å². The summed E-state index contributed by atoms with van der Waals surface area (Å²) in [5.74, 6) is 1.13. The third kappa shape index (κ3) is 4.31. The van der Waals surface area contributed by atoms with Gasteiger partial charge >= 0.3 is 6.03 Å². The minimum absolute atomic E-state index is 0.0386. The van der Waals surface area contributed by atoms with Gasteiger partial charge in [0.25, 0.3) is 0 Å². The Kier molecular flexibility index (Phi) is 5.21. The SMILES string of the molecule is COc1ccc(N2C[C@@H](NC(=O)NC(C)(C)C)CC2=O)cc1OC. The van der Waals surface area contributed by atoms with Crippen molar-refractivity contribution in [1.82, 2.24) is 10.6 Å². The molecule has 0 aliphatic carbocycles. The predicted octanol–water partition coefficient (Wildman–Crippen LogP) is 1.91. The Balaban J connectivity index is 2.06. The van der Waals surface area contributed by atoms with Crippen LogP contribution in [0.2, 0.25) is 0 Å². The van der Waals surface area contributed by atoms with E-state index in [9.17, 15) is 9.59 Å². The highest BCUT2D eigenvalue weighted by Crippen LogP contribution is 2.33. The van der Waals surface area contributed by atoms with Crippen LogP contribution in [0.3, 0.4) is 0 Å². The lowest BCUT2D eigenvalue weighted by Crippen LogP contribution is -2.50. The van der Waals surface area contributed by atoms with Crippen molar-refractivity contribution in [2.75, 3.05) is 25.7 Å². The second-order valence-corrected chi connectivity index (χ2v) is 6.79. The minimum Gasteiger partial charge on any atom is -0.493 e. The van der Waals surface area contributed by atoms with Crippen molar-refractivity contribution in [3.63, 3.8) is 0 Å². The number of carbonyl (C=O) groups is 2. The highest BCUT2D eigenvalue weighted by atomic mass is 16.5. The fraction of sp³-hybridized carbons (Fsp3) is 0.529. The quantitative estimate of drug-likeness (QED) is 0.881. The van der Waals surface area contributed by atoms with Gasteiger partial charge in [0.05, 0.1) is 20.3 Å². The topological polar surface area (TPSA) is 79.9 Å². The number of nitrogens with one attached hydrogen (secondary N) is 2. The van der Waals surface area contributed by atoms with Crippen molar-refractivity contribution in [3.05, 3.63) is 18.2 Å². The molecule has 1 aromatic rings. The molecule has 24 heavy (non-hydrogen) atoms. The molecule has 0 spiro atoms. The molecular weight excluding hydrogens is 310 g/mol. The second-order valence-electron chi connectivity index (χ2n) is 6.79. The van der Waals surface area contributed by atoms with E-state index in [-0.39, 0.29) is 29.9 Å². The summed E-state index contributed by atoms with van der Waals surface area (Å²) < 4.78 is 10.5. The maximum absolute atomic E-state index is 12.3. The van der Waals surface area contributed by atoms with E-state index in [0.29, 0.717) is 18.0 Å². The fourth-order valence-corrected chi connectivity index (χ4v) is 2.61. The Labute approximate surface area is 142 Å². The molecule has 7 heteroatoms. The van der Waals surface area contributed by atoms with Gasteiger partial charge in [-0.05, 0) is 32.9 Å². The first-order valence-electron chi connectivity index (χ1n) is 7.84. The highest BCUT2D eigenvalue weighted by molar-refractivity contribution is 5.97. The van der Waals surface area contributed by atoms with Crippen molar-refractivity contribution in [2.24, 2.45) is 0 Å². The average molecular weight is 335 g/mol. The molecule has 0 unspecified atom stereocenters. The number of methoxy groups -OCH3 is 2. The summed E-state index contributed by atoms with van der Waals surface area (Å²) in [6, 6.07) is 4.82. The number of amides is 3. The van der Waals surface area contributed by atoms with E-state index in [1.54, 1.807) is 37.3 Å². The van der Waals surface area contributed by atoms with Crippen LogP contribution >= 0.6 is 0 Å². The smallest absolute Gasteiger partial charge is 0.315 e. The fourth-order valence-electron chi connectivity index (χ4n) is 2.61. The van der Waals surface area contributed by atoms with Crippen LogP contribution in [0.25, 0.3) is 0 Å². The van der Waals surface area contributed by atoms with Crippen molar-refractivity contribution in [3.8, 4) is 11.5 Å². The Morgan fingerprint density at radius 3 is 2.46 bits per heavy atom. The number of rotatable bonds is 4. The van der Waals surface area contributed by atoms with Crippen LogP contribution in [0, 0.1) is 0 Å². The molecule has 0 aromatic heterocycles. The molecule has 1 atom stereocenters. The Hall–Kier alpha value is -2.44. The van der Waals surface area contributed by atoms with Gasteiger partial charge in [-0.25, -0.2) is 4.79 Å². The van der Waals surface area contributed by atoms with Crippen LogP contribution in [0.4, 0.5) is 10.5 Å². The summed E-state index contributed by atoms with van der Waals surface area (Å²) in [5, 5.41) is 5.68. The van der Waals surface area contributed by atoms with Gasteiger partial charge < -0.3 is 25.0 Å². The molecule has 7 nitrogen and oxygen atoms in total. The molecule has 2 N–H and O–H groups in total. The van der Waals surface area contributed by atoms with E-state index in [1.807, 2.05) is 20.8 Å². The molecular formula is C17H25N3O4. The molecule has 1 aromatic carbocycles. The lowest BCUT2D eigenvalue weighted by molar-refractivity contribution is -0.117.